The number of hydrazone groups is 1. The number of hydrogen-bond donors (Lipinski definition) is 1. The summed E-state index contributed by atoms with van der Waals surface area (Å²) in [4.78, 5) is 11.8. The van der Waals surface area contributed by atoms with E-state index in [0.29, 0.717) is 0 Å². The molecule has 1 aromatic carbocycles. The summed E-state index contributed by atoms with van der Waals surface area (Å²) < 4.78 is 5.14. The molecule has 0 aliphatic heterocycles. The van der Waals surface area contributed by atoms with Crippen molar-refractivity contribution in [2.45, 2.75) is 6.92 Å². The maximum atomic E-state index is 11.6. The first-order chi connectivity index (χ1) is 9.09. The Balaban J connectivity index is 2.05. The van der Waals surface area contributed by atoms with Crippen molar-refractivity contribution >= 4 is 28.1 Å². The number of rotatable bonds is 3. The summed E-state index contributed by atoms with van der Waals surface area (Å²) in [6, 6.07) is 7.39. The van der Waals surface area contributed by atoms with E-state index >= 15 is 0 Å². The zero-order chi connectivity index (χ0) is 13.8. The highest BCUT2D eigenvalue weighted by molar-refractivity contribution is 9.10. The molecule has 19 heavy (non-hydrogen) atoms. The molecule has 2 rings (SSSR count). The van der Waals surface area contributed by atoms with Crippen LogP contribution in [0.1, 0.15) is 21.7 Å². The number of carbonyl (C=O) groups is 1. The molecule has 0 saturated heterocycles. The average Bonchev–Trinajstić information content (AvgIpc) is 2.72. The Morgan fingerprint density at radius 1 is 1.58 bits per heavy atom. The van der Waals surface area contributed by atoms with Gasteiger partial charge in [0.15, 0.2) is 0 Å². The lowest BCUT2D eigenvalue weighted by Gasteiger charge is -1.96. The smallest absolute Gasteiger partial charge is 0.322 e. The number of nitrogens with zero attached hydrogens (tertiary/aromatic N) is 3. The van der Waals surface area contributed by atoms with E-state index in [1.165, 1.54) is 13.1 Å². The van der Waals surface area contributed by atoms with Gasteiger partial charge in [0.25, 0.3) is 0 Å². The molecule has 8 heteroatoms. The Kier molecular flexibility index (Phi) is 3.91. The zero-order valence-electron chi connectivity index (χ0n) is 9.83. The number of carbonyl (C=O) groups excluding carboxylic acids is 1. The lowest BCUT2D eigenvalue weighted by atomic mass is 10.2. The minimum absolute atomic E-state index is 0.0774. The number of hydrogen-bond acceptors (Lipinski definition) is 5. The molecule has 1 aromatic heterocycles. The van der Waals surface area contributed by atoms with Crippen LogP contribution in [0.3, 0.4) is 0 Å². The third-order valence-corrected chi connectivity index (χ3v) is 3.04. The first-order valence-corrected chi connectivity index (χ1v) is 6.03. The number of benzene rings is 1. The van der Waals surface area contributed by atoms with Crippen molar-refractivity contribution in [1.29, 1.82) is 0 Å². The van der Waals surface area contributed by atoms with Gasteiger partial charge in [-0.25, -0.2) is 5.43 Å². The highest BCUT2D eigenvalue weighted by Gasteiger charge is 2.22. The third kappa shape index (κ3) is 2.97. The zero-order valence-corrected chi connectivity index (χ0v) is 11.4. The van der Waals surface area contributed by atoms with Gasteiger partial charge < -0.3 is 5.21 Å². The van der Waals surface area contributed by atoms with E-state index in [2.05, 4.69) is 36.2 Å². The highest BCUT2D eigenvalue weighted by Crippen LogP contribution is 2.13. The van der Waals surface area contributed by atoms with Crippen LogP contribution in [0.5, 0.6) is 0 Å². The lowest BCUT2D eigenvalue weighted by Crippen LogP contribution is -2.28. The monoisotopic (exact) mass is 324 g/mol. The van der Waals surface area contributed by atoms with Crippen molar-refractivity contribution in [3.8, 4) is 0 Å². The van der Waals surface area contributed by atoms with Gasteiger partial charge in [-0.2, -0.15) is 5.10 Å². The van der Waals surface area contributed by atoms with Crippen molar-refractivity contribution in [3.05, 3.63) is 50.9 Å². The van der Waals surface area contributed by atoms with Crippen LogP contribution in [-0.2, 0) is 0 Å². The fourth-order valence-corrected chi connectivity index (χ4v) is 1.68. The van der Waals surface area contributed by atoms with Gasteiger partial charge in [0.2, 0.25) is 5.69 Å². The predicted molar refractivity (Wildman–Crippen MR) is 69.4 cm³/mol. The summed E-state index contributed by atoms with van der Waals surface area (Å²) in [6.07, 6.45) is 1.47. The van der Waals surface area contributed by atoms with Crippen LogP contribution in [0.15, 0.2) is 38.5 Å². The quantitative estimate of drug-likeness (QED) is 0.520. The number of aromatic nitrogens is 2. The molecule has 1 N–H and O–H groups in total. The first kappa shape index (κ1) is 13.2. The molecule has 0 aliphatic rings. The van der Waals surface area contributed by atoms with Crippen LogP contribution in [-0.4, -0.2) is 17.3 Å². The van der Waals surface area contributed by atoms with Gasteiger partial charge in [0, 0.05) is 17.0 Å². The maximum Gasteiger partial charge on any atom is 0.322 e. The summed E-state index contributed by atoms with van der Waals surface area (Å²) in [6.45, 7) is 1.43. The van der Waals surface area contributed by atoms with E-state index in [0.717, 1.165) is 10.0 Å². The second-order valence-electron chi connectivity index (χ2n) is 3.58. The number of amides is 1. The van der Waals surface area contributed by atoms with Crippen molar-refractivity contribution in [2.24, 2.45) is 5.10 Å². The van der Waals surface area contributed by atoms with E-state index in [4.69, 9.17) is 0 Å². The predicted octanol–water partition coefficient (Wildman–Crippen LogP) is 1.14. The fraction of sp³-hybridized carbons (Fsp3) is 0.0909. The van der Waals surface area contributed by atoms with E-state index in [1.807, 2.05) is 24.3 Å². The lowest BCUT2D eigenvalue weighted by molar-refractivity contribution is -0.806. The fourth-order valence-electron chi connectivity index (χ4n) is 1.29. The molecule has 1 heterocycles. The molecule has 0 fully saturated rings. The summed E-state index contributed by atoms with van der Waals surface area (Å²) in [7, 11) is 0. The Hall–Kier alpha value is -2.22. The molecule has 1 amide bonds. The van der Waals surface area contributed by atoms with Crippen molar-refractivity contribution < 1.29 is 14.3 Å². The number of nitrogens with one attached hydrogen (secondary N) is 1. The molecule has 98 valence electrons. The molecule has 0 saturated carbocycles. The van der Waals surface area contributed by atoms with Gasteiger partial charge in [-0.1, -0.05) is 34.1 Å². The third-order valence-electron chi connectivity index (χ3n) is 2.31. The van der Waals surface area contributed by atoms with Gasteiger partial charge in [0.1, 0.15) is 0 Å². The average molecular weight is 325 g/mol. The molecular weight excluding hydrogens is 316 g/mol. The van der Waals surface area contributed by atoms with Gasteiger partial charge in [-0.15, -0.1) is 0 Å². The van der Waals surface area contributed by atoms with Crippen molar-refractivity contribution in [1.82, 2.24) is 10.6 Å². The summed E-state index contributed by atoms with van der Waals surface area (Å²) in [5.41, 5.74) is 3.05. The van der Waals surface area contributed by atoms with Gasteiger partial charge in [-0.05, 0) is 11.0 Å². The second-order valence-corrected chi connectivity index (χ2v) is 4.44. The van der Waals surface area contributed by atoms with Gasteiger partial charge >= 0.3 is 11.6 Å². The van der Waals surface area contributed by atoms with E-state index in [1.54, 1.807) is 0 Å². The highest BCUT2D eigenvalue weighted by atomic mass is 79.9. The van der Waals surface area contributed by atoms with Crippen LogP contribution < -0.4 is 10.3 Å². The summed E-state index contributed by atoms with van der Waals surface area (Å²) in [5, 5.41) is 18.1. The van der Waals surface area contributed by atoms with Crippen molar-refractivity contribution in [3.63, 3.8) is 0 Å². The second kappa shape index (κ2) is 5.61. The van der Waals surface area contributed by atoms with Crippen molar-refractivity contribution in [2.75, 3.05) is 0 Å². The largest absolute Gasteiger partial charge is 0.359 e. The van der Waals surface area contributed by atoms with Gasteiger partial charge in [-0.3, -0.25) is 9.42 Å². The first-order valence-electron chi connectivity index (χ1n) is 5.24. The topological polar surface area (TPSA) is 94.4 Å². The Morgan fingerprint density at radius 2 is 2.32 bits per heavy atom. The maximum absolute atomic E-state index is 11.6. The van der Waals surface area contributed by atoms with Crippen LogP contribution in [0.2, 0.25) is 0 Å². The minimum Gasteiger partial charge on any atom is -0.359 e. The molecule has 0 aliphatic carbocycles. The molecule has 2 aromatic rings. The standard InChI is InChI=1S/C11H9BrN4O3/c1-7-10(15-19-16(7)18)11(17)14-13-6-8-4-2-3-5-9(8)12/h2-6H,1H3,(H,14,17)/b13-6+. The molecule has 0 unspecified atom stereocenters. The minimum atomic E-state index is -0.612. The molecule has 7 nitrogen and oxygen atoms in total. The Morgan fingerprint density at radius 3 is 2.95 bits per heavy atom. The SMILES string of the molecule is Cc1c(C(=O)N/N=C/c2ccccc2Br)no[n+]1[O-]. The van der Waals surface area contributed by atoms with Crippen LogP contribution in [0.25, 0.3) is 0 Å². The van der Waals surface area contributed by atoms with Crippen LogP contribution in [0.4, 0.5) is 0 Å². The van der Waals surface area contributed by atoms with Crippen LogP contribution in [0, 0.1) is 12.1 Å². The normalized spacial score (nSPS) is 10.8. The molecule has 0 radical (unpaired) electrons. The molecule has 0 spiro atoms. The Bertz CT molecular complexity index is 639. The summed E-state index contributed by atoms with van der Waals surface area (Å²) in [5.74, 6) is -0.612. The van der Waals surface area contributed by atoms with Gasteiger partial charge in [0.05, 0.1) is 11.4 Å². The summed E-state index contributed by atoms with van der Waals surface area (Å²) >= 11 is 3.35. The molecule has 0 bridgehead atoms. The number of halogens is 1. The van der Waals surface area contributed by atoms with Crippen LogP contribution >= 0.6 is 15.9 Å². The Labute approximate surface area is 116 Å². The van der Waals surface area contributed by atoms with E-state index < -0.39 is 5.91 Å². The molecular formula is C11H9BrN4O3. The van der Waals surface area contributed by atoms with E-state index in [-0.39, 0.29) is 16.3 Å². The molecule has 0 atom stereocenters. The van der Waals surface area contributed by atoms with E-state index in [9.17, 15) is 10.0 Å².